The largest absolute Gasteiger partial charge is 0.478 e. The second-order valence-corrected chi connectivity index (χ2v) is 4.10. The first-order valence-electron chi connectivity index (χ1n) is 5.04. The second-order valence-electron chi connectivity index (χ2n) is 4.10. The third-order valence-electron chi connectivity index (χ3n) is 2.60. The van der Waals surface area contributed by atoms with Crippen LogP contribution in [-0.2, 0) is 5.60 Å². The number of hydrogen-bond acceptors (Lipinski definition) is 4. The summed E-state index contributed by atoms with van der Waals surface area (Å²) >= 11 is 0. The van der Waals surface area contributed by atoms with Crippen LogP contribution in [0.2, 0.25) is 0 Å². The maximum Gasteiger partial charge on any atom is 0.335 e. The number of aliphatic hydroxyl groups excluding tert-OH is 1. The number of aromatic carboxylic acids is 1. The Hall–Kier alpha value is -1.85. The maximum absolute atomic E-state index is 10.8. The van der Waals surface area contributed by atoms with Crippen LogP contribution in [0.5, 0.6) is 0 Å². The van der Waals surface area contributed by atoms with Crippen molar-refractivity contribution in [1.29, 1.82) is 0 Å². The third-order valence-corrected chi connectivity index (χ3v) is 2.60. The summed E-state index contributed by atoms with van der Waals surface area (Å²) in [6.07, 6.45) is 0. The molecule has 0 bridgehead atoms. The normalized spacial score (nSPS) is 14.8. The number of carbonyl (C=O) groups is 1. The molecule has 3 N–H and O–H groups in total. The Kier molecular flexibility index (Phi) is 2.65. The first-order valence-corrected chi connectivity index (χ1v) is 5.04. The van der Waals surface area contributed by atoms with Gasteiger partial charge in [-0.3, -0.25) is 0 Å². The summed E-state index contributed by atoms with van der Waals surface area (Å²) in [6.45, 7) is 0.946. The van der Waals surface area contributed by atoms with Crippen molar-refractivity contribution in [2.24, 2.45) is 0 Å². The third kappa shape index (κ3) is 2.02. The van der Waals surface area contributed by atoms with E-state index in [0.717, 1.165) is 0 Å². The van der Waals surface area contributed by atoms with Crippen molar-refractivity contribution in [3.8, 4) is 0 Å². The van der Waals surface area contributed by atoms with Crippen molar-refractivity contribution in [1.82, 2.24) is 0 Å². The van der Waals surface area contributed by atoms with E-state index in [2.05, 4.69) is 0 Å². The Balaban J connectivity index is 2.54. The van der Waals surface area contributed by atoms with Crippen LogP contribution in [0.15, 0.2) is 28.7 Å². The summed E-state index contributed by atoms with van der Waals surface area (Å²) in [5.41, 5.74) is -0.852. The molecule has 0 aliphatic heterocycles. The molecule has 0 aliphatic carbocycles. The monoisotopic (exact) mass is 236 g/mol. The van der Waals surface area contributed by atoms with Crippen LogP contribution >= 0.6 is 0 Å². The molecule has 0 amide bonds. The summed E-state index contributed by atoms with van der Waals surface area (Å²) in [7, 11) is 0. The lowest BCUT2D eigenvalue weighted by molar-refractivity contribution is -0.0184. The standard InChI is InChI=1S/C12H12O5/c1-12(16,6-13)10-5-8-4-7(11(14)15)2-3-9(8)17-10/h2-5,13,16H,6H2,1H3,(H,14,15). The number of furan rings is 1. The first kappa shape index (κ1) is 11.6. The van der Waals surface area contributed by atoms with E-state index in [1.165, 1.54) is 31.2 Å². The Morgan fingerprint density at radius 1 is 1.41 bits per heavy atom. The van der Waals surface area contributed by atoms with Crippen molar-refractivity contribution in [3.63, 3.8) is 0 Å². The van der Waals surface area contributed by atoms with Crippen molar-refractivity contribution in [2.75, 3.05) is 6.61 Å². The van der Waals surface area contributed by atoms with Gasteiger partial charge in [0.2, 0.25) is 0 Å². The lowest BCUT2D eigenvalue weighted by Crippen LogP contribution is -2.24. The minimum atomic E-state index is -1.47. The summed E-state index contributed by atoms with van der Waals surface area (Å²) in [6, 6.07) is 5.93. The van der Waals surface area contributed by atoms with Gasteiger partial charge in [0.1, 0.15) is 16.9 Å². The van der Waals surface area contributed by atoms with Gasteiger partial charge in [0.25, 0.3) is 0 Å². The van der Waals surface area contributed by atoms with Gasteiger partial charge in [0.05, 0.1) is 12.2 Å². The molecule has 17 heavy (non-hydrogen) atoms. The van der Waals surface area contributed by atoms with Gasteiger partial charge in [-0.25, -0.2) is 4.79 Å². The topological polar surface area (TPSA) is 90.9 Å². The Morgan fingerprint density at radius 3 is 2.71 bits per heavy atom. The molecule has 0 radical (unpaired) electrons. The predicted molar refractivity (Wildman–Crippen MR) is 59.8 cm³/mol. The molecule has 2 rings (SSSR count). The summed E-state index contributed by atoms with van der Waals surface area (Å²) < 4.78 is 5.36. The van der Waals surface area contributed by atoms with Crippen LogP contribution in [0, 0.1) is 0 Å². The molecule has 0 saturated heterocycles. The van der Waals surface area contributed by atoms with Crippen molar-refractivity contribution in [2.45, 2.75) is 12.5 Å². The van der Waals surface area contributed by atoms with Crippen LogP contribution in [0.4, 0.5) is 0 Å². The fraction of sp³-hybridized carbons (Fsp3) is 0.250. The predicted octanol–water partition coefficient (Wildman–Crippen LogP) is 1.33. The second kappa shape index (κ2) is 3.87. The van der Waals surface area contributed by atoms with Crippen molar-refractivity contribution < 1.29 is 24.5 Å². The van der Waals surface area contributed by atoms with Gasteiger partial charge < -0.3 is 19.7 Å². The highest BCUT2D eigenvalue weighted by Gasteiger charge is 2.26. The molecule has 90 valence electrons. The van der Waals surface area contributed by atoms with E-state index in [9.17, 15) is 9.90 Å². The van der Waals surface area contributed by atoms with E-state index in [1.54, 1.807) is 0 Å². The van der Waals surface area contributed by atoms with Gasteiger partial charge in [-0.2, -0.15) is 0 Å². The average Bonchev–Trinajstić information content (AvgIpc) is 2.72. The number of fused-ring (bicyclic) bond motifs is 1. The Morgan fingerprint density at radius 2 is 2.12 bits per heavy atom. The average molecular weight is 236 g/mol. The molecule has 5 heteroatoms. The Bertz CT molecular complexity index is 567. The molecule has 1 aromatic carbocycles. The van der Waals surface area contributed by atoms with Gasteiger partial charge in [-0.1, -0.05) is 0 Å². The van der Waals surface area contributed by atoms with E-state index >= 15 is 0 Å². The van der Waals surface area contributed by atoms with Gasteiger partial charge in [0.15, 0.2) is 0 Å². The number of aliphatic hydroxyl groups is 2. The summed E-state index contributed by atoms with van der Waals surface area (Å²) in [5, 5.41) is 28.2. The zero-order valence-corrected chi connectivity index (χ0v) is 9.17. The molecule has 0 fully saturated rings. The number of carboxylic acid groups (broad SMARTS) is 1. The molecule has 2 aromatic rings. The smallest absolute Gasteiger partial charge is 0.335 e. The summed E-state index contributed by atoms with van der Waals surface area (Å²) in [4.78, 5) is 10.8. The highest BCUT2D eigenvalue weighted by Crippen LogP contribution is 2.28. The molecule has 0 spiro atoms. The molecule has 0 saturated carbocycles. The molecular formula is C12H12O5. The van der Waals surface area contributed by atoms with Gasteiger partial charge >= 0.3 is 5.97 Å². The number of benzene rings is 1. The fourth-order valence-electron chi connectivity index (χ4n) is 1.52. The van der Waals surface area contributed by atoms with Crippen LogP contribution in [0.3, 0.4) is 0 Å². The van der Waals surface area contributed by atoms with Gasteiger partial charge in [-0.15, -0.1) is 0 Å². The van der Waals surface area contributed by atoms with Crippen LogP contribution in [0.25, 0.3) is 11.0 Å². The number of rotatable bonds is 3. The number of hydrogen-bond donors (Lipinski definition) is 3. The van der Waals surface area contributed by atoms with Gasteiger partial charge in [0, 0.05) is 5.39 Å². The molecule has 1 atom stereocenters. The van der Waals surface area contributed by atoms with Gasteiger partial charge in [-0.05, 0) is 31.2 Å². The maximum atomic E-state index is 10.8. The highest BCUT2D eigenvalue weighted by molar-refractivity contribution is 5.93. The quantitative estimate of drug-likeness (QED) is 0.747. The molecule has 1 aromatic heterocycles. The first-order chi connectivity index (χ1) is 7.94. The molecule has 1 heterocycles. The van der Waals surface area contributed by atoms with Crippen molar-refractivity contribution >= 4 is 16.9 Å². The molecule has 0 aliphatic rings. The fourth-order valence-corrected chi connectivity index (χ4v) is 1.52. The SMILES string of the molecule is CC(O)(CO)c1cc2cc(C(=O)O)ccc2o1. The zero-order valence-electron chi connectivity index (χ0n) is 9.17. The van der Waals surface area contributed by atoms with Crippen LogP contribution in [0.1, 0.15) is 23.0 Å². The molecular weight excluding hydrogens is 224 g/mol. The Labute approximate surface area is 96.9 Å². The minimum absolute atomic E-state index is 0.147. The minimum Gasteiger partial charge on any atom is -0.478 e. The zero-order chi connectivity index (χ0) is 12.6. The van der Waals surface area contributed by atoms with E-state index < -0.39 is 18.2 Å². The van der Waals surface area contributed by atoms with E-state index in [0.29, 0.717) is 11.0 Å². The van der Waals surface area contributed by atoms with E-state index in [1.807, 2.05) is 0 Å². The van der Waals surface area contributed by atoms with E-state index in [4.69, 9.17) is 14.6 Å². The van der Waals surface area contributed by atoms with E-state index in [-0.39, 0.29) is 11.3 Å². The molecule has 5 nitrogen and oxygen atoms in total. The van der Waals surface area contributed by atoms with Crippen LogP contribution in [-0.4, -0.2) is 27.9 Å². The lowest BCUT2D eigenvalue weighted by Gasteiger charge is -2.16. The summed E-state index contributed by atoms with van der Waals surface area (Å²) in [5.74, 6) is -0.818. The molecule has 1 unspecified atom stereocenters. The van der Waals surface area contributed by atoms with Crippen LogP contribution < -0.4 is 0 Å². The lowest BCUT2D eigenvalue weighted by atomic mass is 10.0. The highest BCUT2D eigenvalue weighted by atomic mass is 16.4. The number of carboxylic acids is 1. The van der Waals surface area contributed by atoms with Crippen molar-refractivity contribution in [3.05, 3.63) is 35.6 Å².